The van der Waals surface area contributed by atoms with E-state index in [1.165, 1.54) is 18.2 Å². The van der Waals surface area contributed by atoms with E-state index in [1.54, 1.807) is 31.4 Å². The Hall–Kier alpha value is -4.60. The van der Waals surface area contributed by atoms with Crippen molar-refractivity contribution in [1.29, 1.82) is 5.26 Å². The van der Waals surface area contributed by atoms with Gasteiger partial charge in [0, 0.05) is 63.0 Å². The number of imide groups is 1. The van der Waals surface area contributed by atoms with Gasteiger partial charge in [0.25, 0.3) is 11.8 Å². The standard InChI is InChI=1S/C38H40Cl2N6O5/c1-24-7-8-26-27(17-24)38(48)46(37(26)47)11-5-4-9-44-12-14-45(15-13-44)10-6-16-51-35-20-31-28(18-34(35)50-3)36(25(22-41)23-42-31)43-32-21-33(49-2)30(40)19-29(32)39/h7-8,17-21,23H,4-6,9-16H2,1-3H3,(H,42,43). The third-order valence-electron chi connectivity index (χ3n) is 9.35. The average Bonchev–Trinajstić information content (AvgIpc) is 3.37. The van der Waals surface area contributed by atoms with Crippen LogP contribution in [-0.2, 0) is 0 Å². The van der Waals surface area contributed by atoms with E-state index in [2.05, 4.69) is 26.2 Å². The minimum Gasteiger partial charge on any atom is -0.495 e. The number of nitriles is 1. The Labute approximate surface area is 307 Å². The van der Waals surface area contributed by atoms with Crippen molar-refractivity contribution in [1.82, 2.24) is 19.7 Å². The predicted molar refractivity (Wildman–Crippen MR) is 198 cm³/mol. The van der Waals surface area contributed by atoms with Crippen LogP contribution in [0.5, 0.6) is 17.2 Å². The number of nitrogens with zero attached hydrogens (tertiary/aromatic N) is 5. The molecule has 0 saturated carbocycles. The molecule has 1 N–H and O–H groups in total. The van der Waals surface area contributed by atoms with Crippen molar-refractivity contribution in [2.75, 3.05) is 72.0 Å². The van der Waals surface area contributed by atoms with E-state index >= 15 is 0 Å². The number of fused-ring (bicyclic) bond motifs is 2. The predicted octanol–water partition coefficient (Wildman–Crippen LogP) is 6.95. The SMILES string of the molecule is COc1cc(Nc2c(C#N)cnc3cc(OCCCN4CCN(CCCCN5C(=O)c6ccc(C)cc6C5=O)CC4)c(OC)cc23)c(Cl)cc1Cl. The van der Waals surface area contributed by atoms with Crippen LogP contribution in [0.3, 0.4) is 0 Å². The van der Waals surface area contributed by atoms with E-state index in [4.69, 9.17) is 37.4 Å². The van der Waals surface area contributed by atoms with E-state index in [0.29, 0.717) is 79.4 Å². The zero-order valence-corrected chi connectivity index (χ0v) is 30.4. The van der Waals surface area contributed by atoms with Gasteiger partial charge in [-0.2, -0.15) is 5.26 Å². The number of methoxy groups -OCH3 is 2. The molecule has 3 aromatic carbocycles. The molecule has 0 bridgehead atoms. The Morgan fingerprint density at radius 3 is 2.22 bits per heavy atom. The minimum absolute atomic E-state index is 0.176. The van der Waals surface area contributed by atoms with Gasteiger partial charge in [-0.25, -0.2) is 0 Å². The van der Waals surface area contributed by atoms with E-state index < -0.39 is 0 Å². The van der Waals surface area contributed by atoms with Gasteiger partial charge in [0.2, 0.25) is 0 Å². The number of hydrogen-bond donors (Lipinski definition) is 1. The average molecular weight is 732 g/mol. The van der Waals surface area contributed by atoms with Crippen molar-refractivity contribution in [3.8, 4) is 23.3 Å². The van der Waals surface area contributed by atoms with E-state index in [1.807, 2.05) is 25.1 Å². The van der Waals surface area contributed by atoms with E-state index in [0.717, 1.165) is 64.1 Å². The van der Waals surface area contributed by atoms with Gasteiger partial charge in [-0.05, 0) is 57.0 Å². The lowest BCUT2D eigenvalue weighted by Gasteiger charge is -2.34. The third-order valence-corrected chi connectivity index (χ3v) is 9.96. The normalized spacial score (nSPS) is 14.9. The number of pyridine rings is 1. The Balaban J connectivity index is 0.968. The lowest BCUT2D eigenvalue weighted by molar-refractivity contribution is 0.0648. The van der Waals surface area contributed by atoms with Crippen molar-refractivity contribution >= 4 is 57.3 Å². The van der Waals surface area contributed by atoms with Crippen molar-refractivity contribution < 1.29 is 23.8 Å². The highest BCUT2D eigenvalue weighted by atomic mass is 35.5. The molecule has 1 aromatic heterocycles. The van der Waals surface area contributed by atoms with Crippen LogP contribution in [0, 0.1) is 18.3 Å². The van der Waals surface area contributed by atoms with Crippen LogP contribution in [-0.4, -0.2) is 98.1 Å². The number of ether oxygens (including phenoxy) is 3. The molecule has 0 spiro atoms. The second kappa shape index (κ2) is 16.2. The molecule has 0 radical (unpaired) electrons. The van der Waals surface area contributed by atoms with Crippen LogP contribution in [0.15, 0.2) is 48.7 Å². The molecule has 266 valence electrons. The third kappa shape index (κ3) is 8.00. The molecule has 0 unspecified atom stereocenters. The van der Waals surface area contributed by atoms with Crippen LogP contribution in [0.25, 0.3) is 10.9 Å². The highest BCUT2D eigenvalue weighted by molar-refractivity contribution is 6.37. The van der Waals surface area contributed by atoms with Crippen LogP contribution in [0.1, 0.15) is 51.1 Å². The van der Waals surface area contributed by atoms with Gasteiger partial charge in [0.1, 0.15) is 11.8 Å². The number of unbranched alkanes of at least 4 members (excludes halogenated alkanes) is 1. The summed E-state index contributed by atoms with van der Waals surface area (Å²) in [6, 6.07) is 14.5. The fourth-order valence-corrected chi connectivity index (χ4v) is 7.04. The maximum Gasteiger partial charge on any atom is 0.261 e. The minimum atomic E-state index is -0.179. The van der Waals surface area contributed by atoms with Crippen LogP contribution < -0.4 is 19.5 Å². The second-order valence-electron chi connectivity index (χ2n) is 12.7. The first-order valence-corrected chi connectivity index (χ1v) is 17.7. The van der Waals surface area contributed by atoms with Crippen LogP contribution >= 0.6 is 23.2 Å². The summed E-state index contributed by atoms with van der Waals surface area (Å²) in [6.45, 7) is 8.64. The Morgan fingerprint density at radius 2 is 1.51 bits per heavy atom. The van der Waals surface area contributed by atoms with Gasteiger partial charge in [0.05, 0.1) is 64.5 Å². The summed E-state index contributed by atoms with van der Waals surface area (Å²) in [5.41, 5.74) is 4.03. The van der Waals surface area contributed by atoms with E-state index in [9.17, 15) is 14.9 Å². The molecule has 51 heavy (non-hydrogen) atoms. The summed E-state index contributed by atoms with van der Waals surface area (Å²) in [7, 11) is 3.10. The van der Waals surface area contributed by atoms with Gasteiger partial charge < -0.3 is 29.3 Å². The maximum absolute atomic E-state index is 12.7. The number of aryl methyl sites for hydroxylation is 1. The van der Waals surface area contributed by atoms with Gasteiger partial charge in [0.15, 0.2) is 11.5 Å². The number of nitrogens with one attached hydrogen (secondary N) is 1. The molecule has 2 aliphatic rings. The quantitative estimate of drug-likeness (QED) is 0.108. The number of anilines is 2. The molecule has 1 fully saturated rings. The topological polar surface area (TPSA) is 120 Å². The molecule has 0 aliphatic carbocycles. The number of aromatic nitrogens is 1. The number of carbonyl (C=O) groups excluding carboxylic acids is 2. The lowest BCUT2D eigenvalue weighted by Crippen LogP contribution is -2.47. The number of hydrogen-bond acceptors (Lipinski definition) is 10. The smallest absolute Gasteiger partial charge is 0.261 e. The first-order chi connectivity index (χ1) is 24.7. The lowest BCUT2D eigenvalue weighted by atomic mass is 10.1. The molecule has 0 atom stereocenters. The molecular weight excluding hydrogens is 691 g/mol. The molecular formula is C38H40Cl2N6O5. The van der Waals surface area contributed by atoms with Gasteiger partial charge in [-0.1, -0.05) is 34.8 Å². The molecule has 4 aromatic rings. The second-order valence-corrected chi connectivity index (χ2v) is 13.5. The van der Waals surface area contributed by atoms with Gasteiger partial charge >= 0.3 is 0 Å². The first-order valence-electron chi connectivity index (χ1n) is 17.0. The van der Waals surface area contributed by atoms with Crippen molar-refractivity contribution in [2.24, 2.45) is 0 Å². The van der Waals surface area contributed by atoms with Crippen LogP contribution in [0.4, 0.5) is 11.4 Å². The molecule has 13 heteroatoms. The maximum atomic E-state index is 12.7. The number of benzene rings is 3. The molecule has 1 saturated heterocycles. The summed E-state index contributed by atoms with van der Waals surface area (Å²) in [4.78, 5) is 36.2. The summed E-state index contributed by atoms with van der Waals surface area (Å²) in [5, 5.41) is 14.5. The zero-order chi connectivity index (χ0) is 36.1. The van der Waals surface area contributed by atoms with Gasteiger partial charge in [-0.15, -0.1) is 0 Å². The number of carbonyl (C=O) groups is 2. The zero-order valence-electron chi connectivity index (χ0n) is 28.9. The summed E-state index contributed by atoms with van der Waals surface area (Å²) >= 11 is 12.7. The molecule has 3 heterocycles. The fourth-order valence-electron chi connectivity index (χ4n) is 6.53. The monoisotopic (exact) mass is 730 g/mol. The number of halogens is 2. The fraction of sp³-hybridized carbons (Fsp3) is 0.368. The summed E-state index contributed by atoms with van der Waals surface area (Å²) < 4.78 is 17.2. The molecule has 6 rings (SSSR count). The van der Waals surface area contributed by atoms with Crippen molar-refractivity contribution in [2.45, 2.75) is 26.2 Å². The molecule has 2 aliphatic heterocycles. The summed E-state index contributed by atoms with van der Waals surface area (Å²) in [5.74, 6) is 1.18. The van der Waals surface area contributed by atoms with Crippen LogP contribution in [0.2, 0.25) is 10.0 Å². The molecule has 11 nitrogen and oxygen atoms in total. The Bertz CT molecular complexity index is 1990. The number of piperazine rings is 1. The number of amides is 2. The summed E-state index contributed by atoms with van der Waals surface area (Å²) in [6.07, 6.45) is 4.07. The Kier molecular flexibility index (Phi) is 11.5. The van der Waals surface area contributed by atoms with E-state index in [-0.39, 0.29) is 11.8 Å². The van der Waals surface area contributed by atoms with Crippen molar-refractivity contribution in [3.63, 3.8) is 0 Å². The number of rotatable bonds is 14. The van der Waals surface area contributed by atoms with Gasteiger partial charge in [-0.3, -0.25) is 19.5 Å². The van der Waals surface area contributed by atoms with Crippen molar-refractivity contribution in [3.05, 3.63) is 81.0 Å². The largest absolute Gasteiger partial charge is 0.495 e. The first kappa shape index (κ1) is 36.2. The Morgan fingerprint density at radius 1 is 0.824 bits per heavy atom. The highest BCUT2D eigenvalue weighted by Crippen LogP contribution is 2.40. The highest BCUT2D eigenvalue weighted by Gasteiger charge is 2.35. The molecule has 2 amide bonds.